The summed E-state index contributed by atoms with van der Waals surface area (Å²) in [7, 11) is 0. The first-order valence-corrected chi connectivity index (χ1v) is 9.66. The third kappa shape index (κ3) is 3.89. The molecule has 0 aromatic carbocycles. The zero-order valence-electron chi connectivity index (χ0n) is 15.3. The Morgan fingerprint density at radius 1 is 1.04 bits per heavy atom. The van der Waals surface area contributed by atoms with Crippen LogP contribution in [0.25, 0.3) is 0 Å². The quantitative estimate of drug-likeness (QED) is 0.796. The first-order chi connectivity index (χ1) is 13.1. The summed E-state index contributed by atoms with van der Waals surface area (Å²) in [6.07, 6.45) is 2.38. The number of nitrogens with zero attached hydrogens (tertiary/aromatic N) is 5. The lowest BCUT2D eigenvalue weighted by molar-refractivity contribution is 0.0623. The zero-order valence-corrected chi connectivity index (χ0v) is 15.3. The van der Waals surface area contributed by atoms with Crippen LogP contribution in [0.5, 0.6) is 0 Å². The van der Waals surface area contributed by atoms with Crippen molar-refractivity contribution in [3.8, 4) is 0 Å². The van der Waals surface area contributed by atoms with Crippen molar-refractivity contribution in [3.05, 3.63) is 24.4 Å². The highest BCUT2D eigenvalue weighted by Crippen LogP contribution is 2.35. The smallest absolute Gasteiger partial charge is 0.340 e. The summed E-state index contributed by atoms with van der Waals surface area (Å²) < 4.78 is 27.6. The van der Waals surface area contributed by atoms with Crippen LogP contribution < -0.4 is 4.90 Å². The van der Waals surface area contributed by atoms with Crippen LogP contribution in [0.1, 0.15) is 25.7 Å². The standard InChI is InChI=1S/C19H25F2N5O/c20-15-11-14(12-16(21)13-15)17-4-6-23-26(17)19(27)25-9-7-24(8-10-25)18-3-1-2-5-22-18/h1-3,5-6,14-17H,4,7-13H2/t14?,15?,16?,17-/m0/s1. The third-order valence-electron chi connectivity index (χ3n) is 5.76. The van der Waals surface area contributed by atoms with Gasteiger partial charge in [-0.15, -0.1) is 0 Å². The summed E-state index contributed by atoms with van der Waals surface area (Å²) in [5, 5.41) is 5.71. The topological polar surface area (TPSA) is 52.0 Å². The van der Waals surface area contributed by atoms with Crippen LogP contribution in [-0.4, -0.2) is 71.7 Å². The van der Waals surface area contributed by atoms with Crippen LogP contribution in [0.2, 0.25) is 0 Å². The number of rotatable bonds is 2. The van der Waals surface area contributed by atoms with Crippen LogP contribution in [0.4, 0.5) is 19.4 Å². The van der Waals surface area contributed by atoms with Gasteiger partial charge in [0.25, 0.3) is 0 Å². The molecule has 2 fully saturated rings. The Morgan fingerprint density at radius 2 is 1.78 bits per heavy atom. The van der Waals surface area contributed by atoms with Gasteiger partial charge in [0.15, 0.2) is 0 Å². The molecule has 0 N–H and O–H groups in total. The van der Waals surface area contributed by atoms with Crippen molar-refractivity contribution in [2.45, 2.75) is 44.1 Å². The number of alkyl halides is 2. The summed E-state index contributed by atoms with van der Waals surface area (Å²) in [6.45, 7) is 2.56. The number of piperazine rings is 1. The number of hydrazone groups is 1. The minimum atomic E-state index is -1.13. The predicted molar refractivity (Wildman–Crippen MR) is 99.3 cm³/mol. The van der Waals surface area contributed by atoms with E-state index in [1.165, 1.54) is 5.01 Å². The van der Waals surface area contributed by atoms with E-state index in [0.717, 1.165) is 5.82 Å². The second-order valence-electron chi connectivity index (χ2n) is 7.55. The number of pyridine rings is 1. The molecule has 27 heavy (non-hydrogen) atoms. The van der Waals surface area contributed by atoms with E-state index < -0.39 is 12.3 Å². The number of urea groups is 1. The zero-order chi connectivity index (χ0) is 18.8. The molecule has 2 unspecified atom stereocenters. The molecule has 1 saturated heterocycles. The molecule has 8 heteroatoms. The van der Waals surface area contributed by atoms with Gasteiger partial charge in [0, 0.05) is 51.4 Å². The Labute approximate surface area is 157 Å². The molecule has 3 atom stereocenters. The van der Waals surface area contributed by atoms with Crippen molar-refractivity contribution in [2.24, 2.45) is 11.0 Å². The Hall–Kier alpha value is -2.25. The van der Waals surface area contributed by atoms with Crippen LogP contribution in [0, 0.1) is 5.92 Å². The minimum Gasteiger partial charge on any atom is -0.353 e. The molecular weight excluding hydrogens is 352 g/mol. The van der Waals surface area contributed by atoms with E-state index in [9.17, 15) is 13.6 Å². The molecule has 0 spiro atoms. The van der Waals surface area contributed by atoms with Crippen molar-refractivity contribution in [1.82, 2.24) is 14.9 Å². The van der Waals surface area contributed by atoms with Crippen LogP contribution in [-0.2, 0) is 0 Å². The maximum atomic E-state index is 13.8. The third-order valence-corrected chi connectivity index (χ3v) is 5.76. The molecule has 2 aliphatic heterocycles. The number of halogens is 2. The predicted octanol–water partition coefficient (Wildman–Crippen LogP) is 2.86. The molecule has 1 aromatic heterocycles. The number of amides is 2. The lowest BCUT2D eigenvalue weighted by Gasteiger charge is -2.39. The SMILES string of the molecule is O=C(N1CCN(c2ccccn2)CC1)N1N=CC[C@H]1C1CC(F)CC(F)C1. The fourth-order valence-electron chi connectivity index (χ4n) is 4.36. The highest BCUT2D eigenvalue weighted by atomic mass is 19.1. The number of hydrogen-bond donors (Lipinski definition) is 0. The molecule has 3 heterocycles. The van der Waals surface area contributed by atoms with Crippen molar-refractivity contribution in [2.75, 3.05) is 31.1 Å². The van der Waals surface area contributed by atoms with E-state index >= 15 is 0 Å². The molecule has 0 radical (unpaired) electrons. The monoisotopic (exact) mass is 377 g/mol. The Bertz CT molecular complexity index is 670. The van der Waals surface area contributed by atoms with Crippen molar-refractivity contribution in [1.29, 1.82) is 0 Å². The highest BCUT2D eigenvalue weighted by molar-refractivity contribution is 5.78. The molecule has 2 amide bonds. The van der Waals surface area contributed by atoms with Gasteiger partial charge in [-0.25, -0.2) is 23.6 Å². The molecule has 4 rings (SSSR count). The largest absolute Gasteiger partial charge is 0.353 e. The van der Waals surface area contributed by atoms with Gasteiger partial charge in [0.1, 0.15) is 18.2 Å². The highest BCUT2D eigenvalue weighted by Gasteiger charge is 2.41. The van der Waals surface area contributed by atoms with Gasteiger partial charge < -0.3 is 9.80 Å². The Morgan fingerprint density at radius 3 is 2.44 bits per heavy atom. The fraction of sp³-hybridized carbons (Fsp3) is 0.632. The second kappa shape index (κ2) is 7.78. The molecule has 146 valence electrons. The van der Waals surface area contributed by atoms with Crippen molar-refractivity contribution in [3.63, 3.8) is 0 Å². The number of carbonyl (C=O) groups is 1. The first-order valence-electron chi connectivity index (χ1n) is 9.66. The fourth-order valence-corrected chi connectivity index (χ4v) is 4.36. The Balaban J connectivity index is 1.37. The van der Waals surface area contributed by atoms with Gasteiger partial charge in [-0.2, -0.15) is 5.10 Å². The molecule has 3 aliphatic rings. The van der Waals surface area contributed by atoms with Gasteiger partial charge in [-0.05, 0) is 30.9 Å². The van der Waals surface area contributed by atoms with Crippen molar-refractivity contribution < 1.29 is 13.6 Å². The summed E-state index contributed by atoms with van der Waals surface area (Å²) >= 11 is 0. The molecule has 1 aliphatic carbocycles. The summed E-state index contributed by atoms with van der Waals surface area (Å²) in [6, 6.07) is 5.39. The normalized spacial score (nSPS) is 31.4. The van der Waals surface area contributed by atoms with E-state index in [-0.39, 0.29) is 24.4 Å². The molecule has 1 aromatic rings. The van der Waals surface area contributed by atoms with E-state index in [1.807, 2.05) is 18.2 Å². The van der Waals surface area contributed by atoms with Crippen LogP contribution in [0.15, 0.2) is 29.5 Å². The van der Waals surface area contributed by atoms with Gasteiger partial charge >= 0.3 is 6.03 Å². The maximum Gasteiger partial charge on any atom is 0.340 e. The van der Waals surface area contributed by atoms with Crippen LogP contribution in [0.3, 0.4) is 0 Å². The van der Waals surface area contributed by atoms with E-state index in [1.54, 1.807) is 17.3 Å². The van der Waals surface area contributed by atoms with Crippen LogP contribution >= 0.6 is 0 Å². The lowest BCUT2D eigenvalue weighted by atomic mass is 9.81. The second-order valence-corrected chi connectivity index (χ2v) is 7.55. The van der Waals surface area contributed by atoms with Crippen molar-refractivity contribution >= 4 is 18.1 Å². The molecular formula is C19H25F2N5O. The van der Waals surface area contributed by atoms with Gasteiger partial charge in [0.05, 0.1) is 6.04 Å². The number of hydrogen-bond acceptors (Lipinski definition) is 4. The summed E-state index contributed by atoms with van der Waals surface area (Å²) in [4.78, 5) is 21.3. The lowest BCUT2D eigenvalue weighted by Crippen LogP contribution is -2.54. The maximum absolute atomic E-state index is 13.8. The van der Waals surface area contributed by atoms with E-state index in [0.29, 0.717) is 45.4 Å². The minimum absolute atomic E-state index is 0.0203. The Kier molecular flexibility index (Phi) is 5.22. The molecule has 0 bridgehead atoms. The van der Waals surface area contributed by atoms with Gasteiger partial charge in [0.2, 0.25) is 0 Å². The molecule has 1 saturated carbocycles. The van der Waals surface area contributed by atoms with Gasteiger partial charge in [-0.3, -0.25) is 0 Å². The average Bonchev–Trinajstić information content (AvgIpc) is 3.17. The summed E-state index contributed by atoms with van der Waals surface area (Å²) in [5.74, 6) is 0.733. The van der Waals surface area contributed by atoms with Gasteiger partial charge in [-0.1, -0.05) is 6.07 Å². The number of aromatic nitrogens is 1. The van der Waals surface area contributed by atoms with E-state index in [2.05, 4.69) is 15.0 Å². The number of carbonyl (C=O) groups excluding carboxylic acids is 1. The number of anilines is 1. The average molecular weight is 377 g/mol. The molecule has 6 nitrogen and oxygen atoms in total. The summed E-state index contributed by atoms with van der Waals surface area (Å²) in [5.41, 5.74) is 0. The van der Waals surface area contributed by atoms with E-state index in [4.69, 9.17) is 0 Å². The first kappa shape index (κ1) is 18.1.